The molecule has 0 bridgehead atoms. The highest BCUT2D eigenvalue weighted by atomic mass is 35.6. The van der Waals surface area contributed by atoms with E-state index in [0.717, 1.165) is 25.7 Å². The maximum atomic E-state index is 5.81. The van der Waals surface area contributed by atoms with Crippen LogP contribution in [0.15, 0.2) is 6.26 Å². The number of rotatable bonds is 7. The molecule has 4 nitrogen and oxygen atoms in total. The Kier molecular flexibility index (Phi) is 9.16. The van der Waals surface area contributed by atoms with Gasteiger partial charge in [0.15, 0.2) is 17.5 Å². The third-order valence-corrected chi connectivity index (χ3v) is 3.88. The van der Waals surface area contributed by atoms with Crippen LogP contribution in [-0.2, 0) is 12.3 Å². The van der Waals surface area contributed by atoms with E-state index in [2.05, 4.69) is 28.8 Å². The fourth-order valence-corrected chi connectivity index (χ4v) is 2.36. The summed E-state index contributed by atoms with van der Waals surface area (Å²) < 4.78 is 1.96. The van der Waals surface area contributed by atoms with Crippen molar-refractivity contribution in [2.45, 2.75) is 53.2 Å². The molecule has 0 radical (unpaired) electrons. The van der Waals surface area contributed by atoms with Gasteiger partial charge in [-0.25, -0.2) is 15.0 Å². The van der Waals surface area contributed by atoms with Gasteiger partial charge < -0.3 is 4.74 Å². The van der Waals surface area contributed by atoms with Gasteiger partial charge in [-0.3, -0.25) is 0 Å². The minimum Gasteiger partial charge on any atom is -0.498 e. The number of hydrogen-bond donors (Lipinski definition) is 0. The Bertz CT molecular complexity index is 518. The Morgan fingerprint density at radius 2 is 1.33 bits per heavy atom. The predicted octanol–water partition coefficient (Wildman–Crippen LogP) is 6.48. The first-order chi connectivity index (χ1) is 11.1. The van der Waals surface area contributed by atoms with Crippen molar-refractivity contribution in [3.8, 4) is 0 Å². The summed E-state index contributed by atoms with van der Waals surface area (Å²) in [7, 11) is 0. The van der Waals surface area contributed by atoms with Crippen LogP contribution in [0.2, 0.25) is 0 Å². The molecule has 0 unspecified atom stereocenters. The zero-order valence-electron chi connectivity index (χ0n) is 13.1. The highest BCUT2D eigenvalue weighted by Crippen LogP contribution is 2.39. The first-order valence-corrected chi connectivity index (χ1v) is 9.57. The number of halogens is 6. The third-order valence-electron chi connectivity index (χ3n) is 2.87. The van der Waals surface area contributed by atoms with Gasteiger partial charge in [0, 0.05) is 6.08 Å². The van der Waals surface area contributed by atoms with Crippen molar-refractivity contribution in [1.29, 1.82) is 0 Å². The van der Waals surface area contributed by atoms with Gasteiger partial charge in [0.2, 0.25) is 7.59 Å². The van der Waals surface area contributed by atoms with Crippen molar-refractivity contribution >= 4 is 75.7 Å². The summed E-state index contributed by atoms with van der Waals surface area (Å²) >= 11 is 34.9. The molecule has 0 aliphatic rings. The minimum atomic E-state index is -1.87. The summed E-state index contributed by atoms with van der Waals surface area (Å²) in [6.07, 6.45) is 7.09. The number of hydrogen-bond acceptors (Lipinski definition) is 4. The molecule has 0 saturated heterocycles. The smallest absolute Gasteiger partial charge is 0.250 e. The van der Waals surface area contributed by atoms with Gasteiger partial charge >= 0.3 is 0 Å². The highest BCUT2D eigenvalue weighted by Gasteiger charge is 2.33. The molecule has 1 heterocycles. The van der Waals surface area contributed by atoms with Gasteiger partial charge in [-0.05, 0) is 12.8 Å². The summed E-state index contributed by atoms with van der Waals surface area (Å²) in [5.41, 5.74) is 0. The van der Waals surface area contributed by atoms with Crippen molar-refractivity contribution < 1.29 is 4.74 Å². The summed E-state index contributed by atoms with van der Waals surface area (Å²) in [5.74, 6) is -0.108. The number of nitrogens with zero attached hydrogens (tertiary/aromatic N) is 3. The van der Waals surface area contributed by atoms with E-state index in [4.69, 9.17) is 74.3 Å². The average Bonchev–Trinajstić information content (AvgIpc) is 2.45. The molecule has 10 heteroatoms. The van der Waals surface area contributed by atoms with E-state index in [-0.39, 0.29) is 23.6 Å². The van der Waals surface area contributed by atoms with Gasteiger partial charge in [0.1, 0.15) is 0 Å². The van der Waals surface area contributed by atoms with E-state index in [9.17, 15) is 0 Å². The van der Waals surface area contributed by atoms with Crippen molar-refractivity contribution in [1.82, 2.24) is 15.0 Å². The van der Waals surface area contributed by atoms with Crippen LogP contribution in [0.25, 0.3) is 6.08 Å². The van der Waals surface area contributed by atoms with Crippen molar-refractivity contribution in [3.05, 3.63) is 23.7 Å². The molecular formula is C14H17Cl6N3O. The molecule has 0 aromatic carbocycles. The van der Waals surface area contributed by atoms with Gasteiger partial charge in [-0.1, -0.05) is 96.3 Å². The normalized spacial score (nSPS) is 13.0. The van der Waals surface area contributed by atoms with Crippen LogP contribution in [0, 0.1) is 0 Å². The average molecular weight is 456 g/mol. The van der Waals surface area contributed by atoms with Gasteiger partial charge in [-0.2, -0.15) is 0 Å². The molecule has 1 rings (SSSR count). The lowest BCUT2D eigenvalue weighted by atomic mass is 10.1. The summed E-state index contributed by atoms with van der Waals surface area (Å²) in [5, 5.41) is 0. The Balaban J connectivity index is 3.03. The Morgan fingerprint density at radius 3 is 1.71 bits per heavy atom. The van der Waals surface area contributed by atoms with Crippen LogP contribution >= 0.6 is 69.6 Å². The maximum Gasteiger partial charge on any atom is 0.250 e. The Morgan fingerprint density at radius 1 is 0.875 bits per heavy atom. The second-order valence-corrected chi connectivity index (χ2v) is 9.54. The van der Waals surface area contributed by atoms with Crippen LogP contribution in [0.3, 0.4) is 0 Å². The molecule has 0 spiro atoms. The molecule has 0 amide bonds. The standard InChI is InChI=1S/C14H17Cl6N3O/c1-3-5-9(6-4-2)24-8-7-10-21-11(13(15,16)17)23-12(22-10)14(18,19)20/h7-9H,3-6H2,1-2H3. The van der Waals surface area contributed by atoms with E-state index in [0.29, 0.717) is 0 Å². The lowest BCUT2D eigenvalue weighted by molar-refractivity contribution is 0.127. The molecule has 1 aromatic heterocycles. The molecule has 0 saturated carbocycles. The molecule has 0 fully saturated rings. The van der Waals surface area contributed by atoms with Crippen LogP contribution < -0.4 is 0 Å². The Hall–Kier alpha value is 0.290. The lowest BCUT2D eigenvalue weighted by Crippen LogP contribution is -2.17. The summed E-state index contributed by atoms with van der Waals surface area (Å²) in [6.45, 7) is 4.20. The SMILES string of the molecule is CCCC(CCC)OC=Cc1nc(C(Cl)(Cl)Cl)nc(C(Cl)(Cl)Cl)n1. The third kappa shape index (κ3) is 7.67. The molecule has 136 valence electrons. The molecular weight excluding hydrogens is 439 g/mol. The van der Waals surface area contributed by atoms with E-state index >= 15 is 0 Å². The molecule has 24 heavy (non-hydrogen) atoms. The van der Waals surface area contributed by atoms with Crippen molar-refractivity contribution in [3.63, 3.8) is 0 Å². The fraction of sp³-hybridized carbons (Fsp3) is 0.643. The van der Waals surface area contributed by atoms with Crippen LogP contribution in [0.4, 0.5) is 0 Å². The Labute approximate surface area is 171 Å². The van der Waals surface area contributed by atoms with E-state index < -0.39 is 7.59 Å². The van der Waals surface area contributed by atoms with E-state index in [1.54, 1.807) is 0 Å². The summed E-state index contributed by atoms with van der Waals surface area (Å²) in [4.78, 5) is 12.0. The van der Waals surface area contributed by atoms with Crippen molar-refractivity contribution in [2.75, 3.05) is 0 Å². The predicted molar refractivity (Wildman–Crippen MR) is 102 cm³/mol. The van der Waals surface area contributed by atoms with E-state index in [1.807, 2.05) is 0 Å². The number of alkyl halides is 6. The first-order valence-electron chi connectivity index (χ1n) is 7.30. The van der Waals surface area contributed by atoms with Crippen molar-refractivity contribution in [2.24, 2.45) is 0 Å². The van der Waals surface area contributed by atoms with Crippen LogP contribution in [0.1, 0.15) is 57.0 Å². The van der Waals surface area contributed by atoms with Crippen LogP contribution in [0.5, 0.6) is 0 Å². The topological polar surface area (TPSA) is 47.9 Å². The fourth-order valence-electron chi connectivity index (χ4n) is 1.86. The summed E-state index contributed by atoms with van der Waals surface area (Å²) in [6, 6.07) is 0. The van der Waals surface area contributed by atoms with E-state index in [1.165, 1.54) is 12.3 Å². The van der Waals surface area contributed by atoms with Gasteiger partial charge in [0.25, 0.3) is 0 Å². The zero-order valence-corrected chi connectivity index (χ0v) is 17.6. The zero-order chi connectivity index (χ0) is 18.4. The highest BCUT2D eigenvalue weighted by molar-refractivity contribution is 6.67. The molecule has 0 N–H and O–H groups in total. The number of ether oxygens (including phenoxy) is 1. The second kappa shape index (κ2) is 9.84. The maximum absolute atomic E-state index is 5.81. The lowest BCUT2D eigenvalue weighted by Gasteiger charge is -2.15. The van der Waals surface area contributed by atoms with Gasteiger partial charge in [-0.15, -0.1) is 0 Å². The quantitative estimate of drug-likeness (QED) is 0.348. The molecule has 0 atom stereocenters. The number of aromatic nitrogens is 3. The molecule has 1 aromatic rings. The second-order valence-electron chi connectivity index (χ2n) is 4.97. The largest absolute Gasteiger partial charge is 0.498 e. The molecule has 0 aliphatic heterocycles. The monoisotopic (exact) mass is 453 g/mol. The van der Waals surface area contributed by atoms with Crippen LogP contribution in [-0.4, -0.2) is 21.1 Å². The first kappa shape index (κ1) is 22.3. The van der Waals surface area contributed by atoms with Gasteiger partial charge in [0.05, 0.1) is 12.4 Å². The molecule has 0 aliphatic carbocycles. The minimum absolute atomic E-state index is 0.123.